The van der Waals surface area contributed by atoms with E-state index in [9.17, 15) is 4.79 Å². The minimum atomic E-state index is 0.0284. The first-order valence-corrected chi connectivity index (χ1v) is 7.94. The SMILES string of the molecule is CCC1CCC(N(C)CC(=O)Nc2cccc(N)c2)CC1. The van der Waals surface area contributed by atoms with Gasteiger partial charge in [-0.05, 0) is 56.8 Å². The summed E-state index contributed by atoms with van der Waals surface area (Å²) < 4.78 is 0. The number of hydrogen-bond donors (Lipinski definition) is 2. The molecule has 1 aliphatic rings. The zero-order chi connectivity index (χ0) is 15.2. The standard InChI is InChI=1S/C17H27N3O/c1-3-13-7-9-16(10-8-13)20(2)12-17(21)19-15-6-4-5-14(18)11-15/h4-6,11,13,16H,3,7-10,12,18H2,1-2H3,(H,19,21). The fourth-order valence-electron chi connectivity index (χ4n) is 3.17. The molecule has 116 valence electrons. The van der Waals surface area contributed by atoms with Gasteiger partial charge in [0.15, 0.2) is 0 Å². The molecule has 4 nitrogen and oxygen atoms in total. The number of nitrogens with two attached hydrogens (primary N) is 1. The van der Waals surface area contributed by atoms with Crippen molar-refractivity contribution in [3.8, 4) is 0 Å². The number of nitrogens with zero attached hydrogens (tertiary/aromatic N) is 1. The highest BCUT2D eigenvalue weighted by molar-refractivity contribution is 5.92. The van der Waals surface area contributed by atoms with Gasteiger partial charge >= 0.3 is 0 Å². The summed E-state index contributed by atoms with van der Waals surface area (Å²) in [6.07, 6.45) is 6.29. The fourth-order valence-corrected chi connectivity index (χ4v) is 3.17. The van der Waals surface area contributed by atoms with Crippen LogP contribution in [0.15, 0.2) is 24.3 Å². The Balaban J connectivity index is 1.79. The molecule has 1 aromatic carbocycles. The van der Waals surface area contributed by atoms with Crippen LogP contribution >= 0.6 is 0 Å². The van der Waals surface area contributed by atoms with Crippen molar-refractivity contribution in [3.63, 3.8) is 0 Å². The summed E-state index contributed by atoms with van der Waals surface area (Å²) >= 11 is 0. The summed E-state index contributed by atoms with van der Waals surface area (Å²) in [5.74, 6) is 0.913. The van der Waals surface area contributed by atoms with Gasteiger partial charge in [-0.3, -0.25) is 9.69 Å². The van der Waals surface area contributed by atoms with Crippen molar-refractivity contribution >= 4 is 17.3 Å². The van der Waals surface area contributed by atoms with E-state index in [4.69, 9.17) is 5.73 Å². The predicted octanol–water partition coefficient (Wildman–Crippen LogP) is 3.11. The third-order valence-corrected chi connectivity index (χ3v) is 4.58. The van der Waals surface area contributed by atoms with Crippen LogP contribution in [0, 0.1) is 5.92 Å². The van der Waals surface area contributed by atoms with E-state index in [0.29, 0.717) is 18.3 Å². The molecule has 1 saturated carbocycles. The predicted molar refractivity (Wildman–Crippen MR) is 88.2 cm³/mol. The highest BCUT2D eigenvalue weighted by Crippen LogP contribution is 2.28. The summed E-state index contributed by atoms with van der Waals surface area (Å²) in [6.45, 7) is 2.71. The lowest BCUT2D eigenvalue weighted by molar-refractivity contribution is -0.117. The lowest BCUT2D eigenvalue weighted by atomic mass is 9.84. The molecule has 0 heterocycles. The topological polar surface area (TPSA) is 58.4 Å². The summed E-state index contributed by atoms with van der Waals surface area (Å²) in [5.41, 5.74) is 7.15. The van der Waals surface area contributed by atoms with E-state index in [1.165, 1.54) is 32.1 Å². The van der Waals surface area contributed by atoms with E-state index >= 15 is 0 Å². The number of likely N-dealkylation sites (N-methyl/N-ethyl adjacent to an activating group) is 1. The Kier molecular flexibility index (Phi) is 5.62. The molecule has 0 spiro atoms. The Morgan fingerprint density at radius 1 is 1.33 bits per heavy atom. The Hall–Kier alpha value is -1.55. The Labute approximate surface area is 127 Å². The van der Waals surface area contributed by atoms with Crippen LogP contribution in [-0.4, -0.2) is 30.4 Å². The maximum Gasteiger partial charge on any atom is 0.238 e. The molecule has 1 fully saturated rings. The van der Waals surface area contributed by atoms with Gasteiger partial charge in [0.1, 0.15) is 0 Å². The molecule has 2 rings (SSSR count). The fraction of sp³-hybridized carbons (Fsp3) is 0.588. The molecule has 0 atom stereocenters. The van der Waals surface area contributed by atoms with Crippen LogP contribution in [0.5, 0.6) is 0 Å². The lowest BCUT2D eigenvalue weighted by Crippen LogP contribution is -2.40. The van der Waals surface area contributed by atoms with Crippen LogP contribution in [0.2, 0.25) is 0 Å². The number of amides is 1. The van der Waals surface area contributed by atoms with Crippen LogP contribution in [0.4, 0.5) is 11.4 Å². The van der Waals surface area contributed by atoms with Crippen molar-refractivity contribution in [2.24, 2.45) is 5.92 Å². The van der Waals surface area contributed by atoms with Crippen molar-refractivity contribution in [3.05, 3.63) is 24.3 Å². The highest BCUT2D eigenvalue weighted by Gasteiger charge is 2.24. The van der Waals surface area contributed by atoms with Crippen molar-refractivity contribution < 1.29 is 4.79 Å². The third-order valence-electron chi connectivity index (χ3n) is 4.58. The van der Waals surface area contributed by atoms with Gasteiger partial charge in [-0.15, -0.1) is 0 Å². The number of nitrogens with one attached hydrogen (secondary N) is 1. The van der Waals surface area contributed by atoms with E-state index in [1.54, 1.807) is 6.07 Å². The summed E-state index contributed by atoms with van der Waals surface area (Å²) in [4.78, 5) is 14.3. The molecule has 1 aliphatic carbocycles. The zero-order valence-corrected chi connectivity index (χ0v) is 13.1. The van der Waals surface area contributed by atoms with Crippen molar-refractivity contribution in [1.29, 1.82) is 0 Å². The number of nitrogen functional groups attached to an aromatic ring is 1. The van der Waals surface area contributed by atoms with E-state index in [0.717, 1.165) is 11.6 Å². The van der Waals surface area contributed by atoms with Crippen LogP contribution in [-0.2, 0) is 4.79 Å². The van der Waals surface area contributed by atoms with Crippen LogP contribution < -0.4 is 11.1 Å². The first-order valence-electron chi connectivity index (χ1n) is 7.94. The summed E-state index contributed by atoms with van der Waals surface area (Å²) in [5, 5.41) is 2.91. The Morgan fingerprint density at radius 2 is 2.05 bits per heavy atom. The number of carbonyl (C=O) groups excluding carboxylic acids is 1. The lowest BCUT2D eigenvalue weighted by Gasteiger charge is -2.34. The molecule has 21 heavy (non-hydrogen) atoms. The van der Waals surface area contributed by atoms with Gasteiger partial charge in [0.05, 0.1) is 6.54 Å². The van der Waals surface area contributed by atoms with Crippen LogP contribution in [0.3, 0.4) is 0 Å². The quantitative estimate of drug-likeness (QED) is 0.819. The minimum absolute atomic E-state index is 0.0284. The van der Waals surface area contributed by atoms with Crippen LogP contribution in [0.1, 0.15) is 39.0 Å². The maximum atomic E-state index is 12.1. The highest BCUT2D eigenvalue weighted by atomic mass is 16.2. The molecule has 0 aromatic heterocycles. The number of hydrogen-bond acceptors (Lipinski definition) is 3. The number of carbonyl (C=O) groups is 1. The average molecular weight is 289 g/mol. The largest absolute Gasteiger partial charge is 0.399 e. The first-order chi connectivity index (χ1) is 10.1. The van der Waals surface area contributed by atoms with Gasteiger partial charge in [0.25, 0.3) is 0 Å². The molecular formula is C17H27N3O. The van der Waals surface area contributed by atoms with Gasteiger partial charge in [-0.1, -0.05) is 19.4 Å². The Morgan fingerprint density at radius 3 is 2.67 bits per heavy atom. The van der Waals surface area contributed by atoms with Gasteiger partial charge < -0.3 is 11.1 Å². The molecule has 3 N–H and O–H groups in total. The average Bonchev–Trinajstić information content (AvgIpc) is 2.47. The second-order valence-corrected chi connectivity index (χ2v) is 6.17. The molecule has 0 saturated heterocycles. The summed E-state index contributed by atoms with van der Waals surface area (Å²) in [7, 11) is 2.05. The van der Waals surface area contributed by atoms with Crippen molar-refractivity contribution in [2.45, 2.75) is 45.1 Å². The van der Waals surface area contributed by atoms with E-state index in [2.05, 4.69) is 24.2 Å². The molecule has 1 aromatic rings. The van der Waals surface area contributed by atoms with E-state index < -0.39 is 0 Å². The maximum absolute atomic E-state index is 12.1. The number of benzene rings is 1. The third kappa shape index (κ3) is 4.74. The minimum Gasteiger partial charge on any atom is -0.399 e. The molecule has 1 amide bonds. The number of rotatable bonds is 5. The summed E-state index contributed by atoms with van der Waals surface area (Å²) in [6, 6.07) is 7.85. The second kappa shape index (κ2) is 7.46. The van der Waals surface area contributed by atoms with E-state index in [-0.39, 0.29) is 5.91 Å². The monoisotopic (exact) mass is 289 g/mol. The molecular weight excluding hydrogens is 262 g/mol. The first kappa shape index (κ1) is 15.8. The second-order valence-electron chi connectivity index (χ2n) is 6.17. The van der Waals surface area contributed by atoms with E-state index in [1.807, 2.05) is 18.2 Å². The van der Waals surface area contributed by atoms with Crippen LogP contribution in [0.25, 0.3) is 0 Å². The normalized spacial score (nSPS) is 22.2. The molecule has 0 radical (unpaired) electrons. The van der Waals surface area contributed by atoms with Gasteiger partial charge in [0.2, 0.25) is 5.91 Å². The molecule has 0 unspecified atom stereocenters. The molecule has 4 heteroatoms. The Bertz CT molecular complexity index is 467. The van der Waals surface area contributed by atoms with Crippen molar-refractivity contribution in [1.82, 2.24) is 4.90 Å². The van der Waals surface area contributed by atoms with Crippen molar-refractivity contribution in [2.75, 3.05) is 24.6 Å². The smallest absolute Gasteiger partial charge is 0.238 e. The molecule has 0 bridgehead atoms. The number of anilines is 2. The zero-order valence-electron chi connectivity index (χ0n) is 13.1. The van der Waals surface area contributed by atoms with Gasteiger partial charge in [-0.25, -0.2) is 0 Å². The van der Waals surface area contributed by atoms with Gasteiger partial charge in [0, 0.05) is 17.4 Å². The molecule has 0 aliphatic heterocycles. The van der Waals surface area contributed by atoms with Gasteiger partial charge in [-0.2, -0.15) is 0 Å².